The molecule has 8 heteroatoms. The highest BCUT2D eigenvalue weighted by Crippen LogP contribution is 2.47. The van der Waals surface area contributed by atoms with Gasteiger partial charge in [0.25, 0.3) is 12.1 Å². The Morgan fingerprint density at radius 1 is 1.17 bits per heavy atom. The van der Waals surface area contributed by atoms with Gasteiger partial charge in [0.2, 0.25) is 0 Å². The van der Waals surface area contributed by atoms with E-state index in [0.717, 1.165) is 6.92 Å². The van der Waals surface area contributed by atoms with Gasteiger partial charge in [0.1, 0.15) is 0 Å². The topological polar surface area (TPSA) is 37.3 Å². The first-order valence-electron chi connectivity index (χ1n) is 4.75. The number of halogens is 6. The van der Waals surface area contributed by atoms with Gasteiger partial charge in [-0.3, -0.25) is 0 Å². The van der Waals surface area contributed by atoms with Gasteiger partial charge >= 0.3 is 12.1 Å². The molecule has 0 amide bonds. The summed E-state index contributed by atoms with van der Waals surface area (Å²) in [6, 6.07) is 0. The summed E-state index contributed by atoms with van der Waals surface area (Å²) in [4.78, 5) is 10.4. The molecule has 0 aromatic carbocycles. The van der Waals surface area contributed by atoms with Gasteiger partial charge in [0, 0.05) is 5.57 Å². The van der Waals surface area contributed by atoms with Crippen LogP contribution < -0.4 is 0 Å². The van der Waals surface area contributed by atoms with E-state index in [4.69, 9.17) is 5.11 Å². The van der Waals surface area contributed by atoms with Crippen molar-refractivity contribution >= 4 is 5.97 Å². The molecule has 106 valence electrons. The largest absolute Gasteiger partial charge is 0.478 e. The minimum absolute atomic E-state index is 0.410. The first kappa shape index (κ1) is 16.8. The number of rotatable bonds is 4. The van der Waals surface area contributed by atoms with Gasteiger partial charge in [-0.15, -0.1) is 0 Å². The van der Waals surface area contributed by atoms with Crippen molar-refractivity contribution in [1.29, 1.82) is 0 Å². The summed E-state index contributed by atoms with van der Waals surface area (Å²) in [6.45, 7) is 2.20. The molecule has 0 radical (unpaired) electrons. The van der Waals surface area contributed by atoms with E-state index in [-0.39, 0.29) is 0 Å². The van der Waals surface area contributed by atoms with Crippen LogP contribution in [0.3, 0.4) is 0 Å². The van der Waals surface area contributed by atoms with Crippen molar-refractivity contribution in [2.75, 3.05) is 0 Å². The van der Waals surface area contributed by atoms with Gasteiger partial charge in [0.15, 0.2) is 0 Å². The number of allylic oxidation sites excluding steroid dienone is 1. The maximum absolute atomic E-state index is 13.4. The molecule has 0 spiro atoms. The molecule has 0 bridgehead atoms. The Balaban J connectivity index is 5.46. The molecule has 0 aliphatic heterocycles. The van der Waals surface area contributed by atoms with Gasteiger partial charge in [-0.2, -0.15) is 13.2 Å². The van der Waals surface area contributed by atoms with E-state index in [1.807, 2.05) is 0 Å². The molecule has 0 aromatic rings. The smallest absolute Gasteiger partial charge is 0.425 e. The van der Waals surface area contributed by atoms with E-state index in [9.17, 15) is 31.1 Å². The van der Waals surface area contributed by atoms with Crippen LogP contribution >= 0.6 is 0 Å². The van der Waals surface area contributed by atoms with E-state index in [1.54, 1.807) is 0 Å². The standard InChI is InChI=1S/C10H12F6O2/c1-5(6(17)18)4-8(2,3)9(12,13)7(11)10(14,15)16/h4,7H,1-3H3,(H,17,18)/b5-4+. The lowest BCUT2D eigenvalue weighted by Crippen LogP contribution is -2.50. The van der Waals surface area contributed by atoms with Crippen LogP contribution in [0.5, 0.6) is 0 Å². The van der Waals surface area contributed by atoms with E-state index < -0.39 is 35.2 Å². The van der Waals surface area contributed by atoms with E-state index in [0.29, 0.717) is 19.9 Å². The van der Waals surface area contributed by atoms with Gasteiger partial charge in [-0.25, -0.2) is 18.0 Å². The summed E-state index contributed by atoms with van der Waals surface area (Å²) in [6.07, 6.45) is -9.67. The summed E-state index contributed by atoms with van der Waals surface area (Å²) in [7, 11) is 0. The molecule has 1 atom stereocenters. The third-order valence-electron chi connectivity index (χ3n) is 2.38. The maximum atomic E-state index is 13.4. The first-order valence-corrected chi connectivity index (χ1v) is 4.75. The van der Waals surface area contributed by atoms with Crippen LogP contribution in [-0.2, 0) is 4.79 Å². The first-order chi connectivity index (χ1) is 7.73. The number of hydrogen-bond acceptors (Lipinski definition) is 1. The summed E-state index contributed by atoms with van der Waals surface area (Å²) in [5, 5.41) is 8.48. The number of carbonyl (C=O) groups is 1. The monoisotopic (exact) mass is 278 g/mol. The second kappa shape index (κ2) is 4.81. The van der Waals surface area contributed by atoms with Crippen LogP contribution in [0, 0.1) is 5.41 Å². The number of carboxylic acid groups (broad SMARTS) is 1. The SMILES string of the molecule is C/C(=C\C(C)(C)C(F)(F)C(F)C(F)(F)F)C(=O)O. The lowest BCUT2D eigenvalue weighted by atomic mass is 9.81. The Kier molecular flexibility index (Phi) is 4.49. The average molecular weight is 278 g/mol. The van der Waals surface area contributed by atoms with E-state index in [2.05, 4.69) is 0 Å². The normalized spacial score (nSPS) is 16.6. The lowest BCUT2D eigenvalue weighted by Gasteiger charge is -2.34. The van der Waals surface area contributed by atoms with Crippen molar-refractivity contribution in [3.63, 3.8) is 0 Å². The molecule has 0 saturated heterocycles. The van der Waals surface area contributed by atoms with Crippen LogP contribution in [0.15, 0.2) is 11.6 Å². The average Bonchev–Trinajstić information content (AvgIpc) is 2.13. The quantitative estimate of drug-likeness (QED) is 0.630. The predicted molar refractivity (Wildman–Crippen MR) is 51.1 cm³/mol. The fraction of sp³-hybridized carbons (Fsp3) is 0.700. The van der Waals surface area contributed by atoms with Crippen molar-refractivity contribution in [1.82, 2.24) is 0 Å². The number of alkyl halides is 6. The Bertz CT molecular complexity index is 356. The van der Waals surface area contributed by atoms with Crippen molar-refractivity contribution in [3.05, 3.63) is 11.6 Å². The van der Waals surface area contributed by atoms with Gasteiger partial charge in [-0.1, -0.05) is 19.9 Å². The molecule has 1 unspecified atom stereocenters. The van der Waals surface area contributed by atoms with Crippen LogP contribution in [0.4, 0.5) is 26.3 Å². The molecule has 0 heterocycles. The zero-order valence-corrected chi connectivity index (χ0v) is 9.78. The Hall–Kier alpha value is -1.21. The van der Waals surface area contributed by atoms with Gasteiger partial charge < -0.3 is 5.11 Å². The molecular weight excluding hydrogens is 266 g/mol. The highest BCUT2D eigenvalue weighted by Gasteiger charge is 2.63. The zero-order valence-electron chi connectivity index (χ0n) is 9.78. The highest BCUT2D eigenvalue weighted by molar-refractivity contribution is 5.85. The van der Waals surface area contributed by atoms with Crippen molar-refractivity contribution < 1.29 is 36.2 Å². The third-order valence-corrected chi connectivity index (χ3v) is 2.38. The summed E-state index contributed by atoms with van der Waals surface area (Å²) >= 11 is 0. The van der Waals surface area contributed by atoms with Crippen molar-refractivity contribution in [2.24, 2.45) is 5.41 Å². The fourth-order valence-corrected chi connectivity index (χ4v) is 1.23. The van der Waals surface area contributed by atoms with Crippen LogP contribution in [0.2, 0.25) is 0 Å². The molecule has 0 rings (SSSR count). The van der Waals surface area contributed by atoms with E-state index >= 15 is 0 Å². The second-order valence-corrected chi connectivity index (χ2v) is 4.38. The van der Waals surface area contributed by atoms with Gasteiger partial charge in [-0.05, 0) is 6.92 Å². The molecule has 0 aliphatic rings. The molecule has 0 fully saturated rings. The summed E-state index contributed by atoms with van der Waals surface area (Å²) in [5.74, 6) is -6.34. The highest BCUT2D eigenvalue weighted by atomic mass is 19.4. The lowest BCUT2D eigenvalue weighted by molar-refractivity contribution is -0.265. The molecule has 0 aromatic heterocycles. The molecule has 18 heavy (non-hydrogen) atoms. The van der Waals surface area contributed by atoms with Crippen molar-refractivity contribution in [2.45, 2.75) is 39.0 Å². The fourth-order valence-electron chi connectivity index (χ4n) is 1.23. The van der Waals surface area contributed by atoms with Crippen LogP contribution in [0.25, 0.3) is 0 Å². The van der Waals surface area contributed by atoms with E-state index in [1.165, 1.54) is 0 Å². The second-order valence-electron chi connectivity index (χ2n) is 4.38. The molecule has 1 N–H and O–H groups in total. The van der Waals surface area contributed by atoms with Gasteiger partial charge in [0.05, 0.1) is 5.41 Å². The minimum atomic E-state index is -5.72. The zero-order chi connectivity index (χ0) is 14.9. The number of aliphatic carboxylic acids is 1. The number of carboxylic acids is 1. The van der Waals surface area contributed by atoms with Crippen LogP contribution in [-0.4, -0.2) is 29.3 Å². The van der Waals surface area contributed by atoms with Crippen molar-refractivity contribution in [3.8, 4) is 0 Å². The summed E-state index contributed by atoms with van der Waals surface area (Å²) in [5.41, 5.74) is -3.18. The molecular formula is C10H12F6O2. The van der Waals surface area contributed by atoms with Crippen LogP contribution in [0.1, 0.15) is 20.8 Å². The minimum Gasteiger partial charge on any atom is -0.478 e. The predicted octanol–water partition coefficient (Wildman–Crippen LogP) is 3.58. The molecule has 0 saturated carbocycles. The maximum Gasteiger partial charge on any atom is 0.425 e. The number of hydrogen-bond donors (Lipinski definition) is 1. The molecule has 2 nitrogen and oxygen atoms in total. The Morgan fingerprint density at radius 3 is 1.83 bits per heavy atom. The Labute approximate surface area is 99.3 Å². The third kappa shape index (κ3) is 3.39. The summed E-state index contributed by atoms with van der Waals surface area (Å²) < 4.78 is 75.5. The Morgan fingerprint density at radius 2 is 1.56 bits per heavy atom. The molecule has 0 aliphatic carbocycles.